The second-order valence-corrected chi connectivity index (χ2v) is 5.40. The molecule has 1 heterocycles. The Kier molecular flexibility index (Phi) is 4.89. The lowest BCUT2D eigenvalue weighted by Crippen LogP contribution is -2.24. The zero-order valence-corrected chi connectivity index (χ0v) is 13.6. The molecule has 0 spiro atoms. The van der Waals surface area contributed by atoms with Gasteiger partial charge in [-0.15, -0.1) is 0 Å². The van der Waals surface area contributed by atoms with Crippen molar-refractivity contribution in [3.8, 4) is 5.75 Å². The molecule has 0 saturated carbocycles. The maximum atomic E-state index is 11.8. The molecule has 0 radical (unpaired) electrons. The summed E-state index contributed by atoms with van der Waals surface area (Å²) in [5, 5.41) is 4.69. The van der Waals surface area contributed by atoms with E-state index in [-0.39, 0.29) is 6.61 Å². The van der Waals surface area contributed by atoms with Gasteiger partial charge in [0.15, 0.2) is 6.61 Å². The Morgan fingerprint density at radius 1 is 1.20 bits per heavy atom. The average molecular weight is 336 g/mol. The molecule has 0 aliphatic rings. The van der Waals surface area contributed by atoms with Crippen LogP contribution in [0.15, 0.2) is 68.9 Å². The third-order valence-corrected chi connectivity index (χ3v) is 3.50. The molecule has 2 aromatic carbocycles. The molecule has 126 valence electrons. The van der Waals surface area contributed by atoms with Crippen molar-refractivity contribution in [2.45, 2.75) is 6.92 Å². The normalized spacial score (nSPS) is 10.9. The number of carbonyl (C=O) groups is 1. The van der Waals surface area contributed by atoms with Crippen LogP contribution in [-0.2, 0) is 4.79 Å². The first-order valence-corrected chi connectivity index (χ1v) is 7.66. The van der Waals surface area contributed by atoms with E-state index in [0.29, 0.717) is 11.3 Å². The fourth-order valence-electron chi connectivity index (χ4n) is 2.29. The molecule has 25 heavy (non-hydrogen) atoms. The maximum absolute atomic E-state index is 11.8. The Balaban J connectivity index is 1.59. The van der Waals surface area contributed by atoms with Gasteiger partial charge in [0, 0.05) is 17.5 Å². The van der Waals surface area contributed by atoms with E-state index in [2.05, 4.69) is 10.5 Å². The average Bonchev–Trinajstić information content (AvgIpc) is 2.60. The Bertz CT molecular complexity index is 978. The fraction of sp³-hybridized carbons (Fsp3) is 0.105. The number of ether oxygens (including phenoxy) is 1. The zero-order chi connectivity index (χ0) is 17.6. The Hall–Kier alpha value is -3.41. The first-order chi connectivity index (χ1) is 12.1. The van der Waals surface area contributed by atoms with Crippen LogP contribution in [0.25, 0.3) is 11.0 Å². The second-order valence-electron chi connectivity index (χ2n) is 5.40. The van der Waals surface area contributed by atoms with Crippen molar-refractivity contribution in [2.24, 2.45) is 5.10 Å². The molecule has 3 rings (SSSR count). The molecule has 0 saturated heterocycles. The van der Waals surface area contributed by atoms with Crippen LogP contribution in [0.5, 0.6) is 5.75 Å². The van der Waals surface area contributed by atoms with Gasteiger partial charge in [0.1, 0.15) is 11.3 Å². The van der Waals surface area contributed by atoms with Gasteiger partial charge in [-0.1, -0.05) is 30.3 Å². The number of amides is 1. The molecular weight excluding hydrogens is 320 g/mol. The summed E-state index contributed by atoms with van der Waals surface area (Å²) in [6.45, 7) is 1.63. The van der Waals surface area contributed by atoms with E-state index in [0.717, 1.165) is 16.5 Å². The van der Waals surface area contributed by atoms with E-state index in [1.165, 1.54) is 6.07 Å². The number of nitrogens with zero attached hydrogens (tertiary/aromatic N) is 1. The number of benzene rings is 2. The van der Waals surface area contributed by atoms with Crippen LogP contribution in [0.1, 0.15) is 11.1 Å². The first kappa shape index (κ1) is 16.4. The van der Waals surface area contributed by atoms with Crippen molar-refractivity contribution < 1.29 is 13.9 Å². The minimum atomic E-state index is -0.421. The lowest BCUT2D eigenvalue weighted by molar-refractivity contribution is -0.123. The Morgan fingerprint density at radius 3 is 2.80 bits per heavy atom. The van der Waals surface area contributed by atoms with Crippen LogP contribution in [0.4, 0.5) is 0 Å². The standard InChI is InChI=1S/C19H16N2O4/c1-13-9-19(23)25-17-10-15(7-8-16(13)17)24-12-18(22)21-20-11-14-5-3-2-4-6-14/h2-11H,12H2,1H3,(H,21,22)/b20-11+. The molecule has 0 aliphatic heterocycles. The van der Waals surface area contributed by atoms with Crippen LogP contribution in [0.3, 0.4) is 0 Å². The topological polar surface area (TPSA) is 80.9 Å². The molecule has 0 aliphatic carbocycles. The Labute approximate surface area is 143 Å². The van der Waals surface area contributed by atoms with Crippen LogP contribution in [0.2, 0.25) is 0 Å². The lowest BCUT2D eigenvalue weighted by atomic mass is 10.1. The van der Waals surface area contributed by atoms with E-state index in [1.54, 1.807) is 24.4 Å². The highest BCUT2D eigenvalue weighted by molar-refractivity contribution is 5.83. The number of rotatable bonds is 5. The summed E-state index contributed by atoms with van der Waals surface area (Å²) < 4.78 is 10.6. The highest BCUT2D eigenvalue weighted by atomic mass is 16.5. The van der Waals surface area contributed by atoms with Gasteiger partial charge in [-0.05, 0) is 30.2 Å². The van der Waals surface area contributed by atoms with Gasteiger partial charge < -0.3 is 9.15 Å². The van der Waals surface area contributed by atoms with Gasteiger partial charge in [-0.2, -0.15) is 5.10 Å². The SMILES string of the molecule is Cc1cc(=O)oc2cc(OCC(=O)N/N=C/c3ccccc3)ccc12. The van der Waals surface area contributed by atoms with Crippen LogP contribution >= 0.6 is 0 Å². The summed E-state index contributed by atoms with van der Waals surface area (Å²) >= 11 is 0. The monoisotopic (exact) mass is 336 g/mol. The van der Waals surface area contributed by atoms with Gasteiger partial charge in [-0.25, -0.2) is 10.2 Å². The van der Waals surface area contributed by atoms with Crippen molar-refractivity contribution in [3.63, 3.8) is 0 Å². The van der Waals surface area contributed by atoms with E-state index in [9.17, 15) is 9.59 Å². The highest BCUT2D eigenvalue weighted by Gasteiger charge is 2.06. The molecule has 1 aromatic heterocycles. The molecular formula is C19H16N2O4. The predicted molar refractivity (Wildman–Crippen MR) is 94.9 cm³/mol. The minimum Gasteiger partial charge on any atom is -0.484 e. The third kappa shape index (κ3) is 4.32. The maximum Gasteiger partial charge on any atom is 0.336 e. The lowest BCUT2D eigenvalue weighted by Gasteiger charge is -2.06. The highest BCUT2D eigenvalue weighted by Crippen LogP contribution is 2.22. The van der Waals surface area contributed by atoms with Gasteiger partial charge >= 0.3 is 5.63 Å². The number of carbonyl (C=O) groups excluding carboxylic acids is 1. The number of aryl methyl sites for hydroxylation is 1. The summed E-state index contributed by atoms with van der Waals surface area (Å²) in [4.78, 5) is 23.2. The second kappa shape index (κ2) is 7.44. The summed E-state index contributed by atoms with van der Waals surface area (Å²) in [6.07, 6.45) is 1.55. The zero-order valence-electron chi connectivity index (χ0n) is 13.6. The number of hydrogen-bond acceptors (Lipinski definition) is 5. The van der Waals surface area contributed by atoms with E-state index >= 15 is 0 Å². The van der Waals surface area contributed by atoms with Gasteiger partial charge in [-0.3, -0.25) is 4.79 Å². The number of hydrazone groups is 1. The van der Waals surface area contributed by atoms with Crippen molar-refractivity contribution in [2.75, 3.05) is 6.61 Å². The summed E-state index contributed by atoms with van der Waals surface area (Å²) in [6, 6.07) is 15.9. The van der Waals surface area contributed by atoms with Crippen molar-refractivity contribution in [1.29, 1.82) is 0 Å². The molecule has 3 aromatic rings. The number of nitrogens with one attached hydrogen (secondary N) is 1. The van der Waals surface area contributed by atoms with E-state index in [1.807, 2.05) is 37.3 Å². The summed E-state index contributed by atoms with van der Waals surface area (Å²) in [5.74, 6) is 0.0430. The van der Waals surface area contributed by atoms with E-state index < -0.39 is 11.5 Å². The van der Waals surface area contributed by atoms with Gasteiger partial charge in [0.05, 0.1) is 6.21 Å². The predicted octanol–water partition coefficient (Wildman–Crippen LogP) is 2.63. The smallest absolute Gasteiger partial charge is 0.336 e. The van der Waals surface area contributed by atoms with Crippen molar-refractivity contribution >= 4 is 23.1 Å². The summed E-state index contributed by atoms with van der Waals surface area (Å²) in [5.41, 5.74) is 4.09. The quantitative estimate of drug-likeness (QED) is 0.441. The Morgan fingerprint density at radius 2 is 2.00 bits per heavy atom. The fourth-order valence-corrected chi connectivity index (χ4v) is 2.29. The van der Waals surface area contributed by atoms with Gasteiger partial charge in [0.2, 0.25) is 0 Å². The molecule has 1 amide bonds. The minimum absolute atomic E-state index is 0.201. The molecule has 0 fully saturated rings. The largest absolute Gasteiger partial charge is 0.484 e. The van der Waals surface area contributed by atoms with Crippen molar-refractivity contribution in [1.82, 2.24) is 5.43 Å². The molecule has 1 N–H and O–H groups in total. The van der Waals surface area contributed by atoms with Crippen molar-refractivity contribution in [3.05, 3.63) is 76.1 Å². The number of hydrogen-bond donors (Lipinski definition) is 1. The third-order valence-electron chi connectivity index (χ3n) is 3.50. The summed E-state index contributed by atoms with van der Waals surface area (Å²) in [7, 11) is 0. The first-order valence-electron chi connectivity index (χ1n) is 7.66. The molecule has 0 unspecified atom stereocenters. The van der Waals surface area contributed by atoms with Crippen LogP contribution in [-0.4, -0.2) is 18.7 Å². The van der Waals surface area contributed by atoms with Gasteiger partial charge in [0.25, 0.3) is 5.91 Å². The molecule has 0 bridgehead atoms. The number of fused-ring (bicyclic) bond motifs is 1. The van der Waals surface area contributed by atoms with Crippen LogP contribution < -0.4 is 15.8 Å². The molecule has 0 atom stereocenters. The molecule has 6 heteroatoms. The van der Waals surface area contributed by atoms with E-state index in [4.69, 9.17) is 9.15 Å². The van der Waals surface area contributed by atoms with Crippen LogP contribution in [0, 0.1) is 6.92 Å². The molecule has 6 nitrogen and oxygen atoms in total.